The van der Waals surface area contributed by atoms with Crippen molar-refractivity contribution in [1.82, 2.24) is 15.5 Å². The van der Waals surface area contributed by atoms with E-state index < -0.39 is 9.84 Å². The minimum atomic E-state index is -2.98. The van der Waals surface area contributed by atoms with Crippen molar-refractivity contribution in [2.45, 2.75) is 53.1 Å². The molecule has 1 saturated heterocycles. The number of nitrogens with zero attached hydrogens (tertiary/aromatic N) is 2. The molecule has 0 aromatic carbocycles. The maximum atomic E-state index is 12.2. The summed E-state index contributed by atoms with van der Waals surface area (Å²) in [6.45, 7) is 3.95. The summed E-state index contributed by atoms with van der Waals surface area (Å²) in [5.74, 6) is 1.09. The predicted octanol–water partition coefficient (Wildman–Crippen LogP) is 2.21. The maximum Gasteiger partial charge on any atom is 0.233 e. The topological polar surface area (TPSA) is 89.0 Å². The van der Waals surface area contributed by atoms with Crippen LogP contribution in [-0.2, 0) is 14.6 Å². The van der Waals surface area contributed by atoms with E-state index in [9.17, 15) is 13.2 Å². The van der Waals surface area contributed by atoms with Gasteiger partial charge in [-0.2, -0.15) is 0 Å². The maximum absolute atomic E-state index is 12.2. The molecule has 1 amide bonds. The molecular weight excluding hydrogens is 374 g/mol. The molecular formula is C13H21N3O3S4. The van der Waals surface area contributed by atoms with Crippen LogP contribution >= 0.6 is 34.9 Å². The lowest BCUT2D eigenvalue weighted by Gasteiger charge is -2.14. The zero-order valence-electron chi connectivity index (χ0n) is 13.1. The predicted molar refractivity (Wildman–Crippen MR) is 96.1 cm³/mol. The molecule has 23 heavy (non-hydrogen) atoms. The van der Waals surface area contributed by atoms with Gasteiger partial charge >= 0.3 is 0 Å². The summed E-state index contributed by atoms with van der Waals surface area (Å²) >= 11 is 4.56. The summed E-state index contributed by atoms with van der Waals surface area (Å²) in [6, 6.07) is -0.259. The van der Waals surface area contributed by atoms with E-state index in [1.807, 2.05) is 0 Å². The van der Waals surface area contributed by atoms with Crippen LogP contribution in [0.2, 0.25) is 0 Å². The fraction of sp³-hybridized carbons (Fsp3) is 0.769. The van der Waals surface area contributed by atoms with E-state index in [4.69, 9.17) is 0 Å². The molecule has 1 aromatic heterocycles. The van der Waals surface area contributed by atoms with Crippen molar-refractivity contribution in [3.8, 4) is 0 Å². The number of hydrogen-bond acceptors (Lipinski definition) is 8. The number of nitrogens with one attached hydrogen (secondary N) is 1. The summed E-state index contributed by atoms with van der Waals surface area (Å²) in [4.78, 5) is 12.2. The normalized spacial score (nSPS) is 21.2. The van der Waals surface area contributed by atoms with Gasteiger partial charge in [-0.15, -0.1) is 10.2 Å². The molecule has 0 unspecified atom stereocenters. The number of unbranched alkanes of at least 4 members (excludes halogenated alkanes) is 1. The van der Waals surface area contributed by atoms with Crippen LogP contribution in [0.5, 0.6) is 0 Å². The zero-order valence-corrected chi connectivity index (χ0v) is 16.4. The van der Waals surface area contributed by atoms with Crippen LogP contribution in [0.3, 0.4) is 0 Å². The van der Waals surface area contributed by atoms with Crippen LogP contribution in [0.1, 0.15) is 33.1 Å². The Balaban J connectivity index is 1.79. The average Bonchev–Trinajstić information content (AvgIpc) is 3.05. The van der Waals surface area contributed by atoms with E-state index in [0.717, 1.165) is 27.3 Å². The van der Waals surface area contributed by atoms with Gasteiger partial charge in [0.25, 0.3) is 0 Å². The fourth-order valence-corrected chi connectivity index (χ4v) is 7.04. The van der Waals surface area contributed by atoms with Gasteiger partial charge in [-0.25, -0.2) is 8.42 Å². The van der Waals surface area contributed by atoms with Crippen LogP contribution in [0.15, 0.2) is 8.68 Å². The molecule has 6 nitrogen and oxygen atoms in total. The molecule has 1 fully saturated rings. The highest BCUT2D eigenvalue weighted by molar-refractivity contribution is 8.03. The van der Waals surface area contributed by atoms with Gasteiger partial charge in [0.05, 0.1) is 16.8 Å². The van der Waals surface area contributed by atoms with Gasteiger partial charge in [0.1, 0.15) is 0 Å². The summed E-state index contributed by atoms with van der Waals surface area (Å²) < 4.78 is 24.5. The second-order valence-corrected chi connectivity index (χ2v) is 11.5. The Bertz CT molecular complexity index is 632. The van der Waals surface area contributed by atoms with Crippen molar-refractivity contribution in [3.63, 3.8) is 0 Å². The molecule has 2 atom stereocenters. The van der Waals surface area contributed by atoms with E-state index >= 15 is 0 Å². The zero-order chi connectivity index (χ0) is 16.9. The number of amides is 1. The lowest BCUT2D eigenvalue weighted by Crippen LogP contribution is -2.39. The number of carbonyl (C=O) groups is 1. The number of carbonyl (C=O) groups excluding carboxylic acids is 1. The van der Waals surface area contributed by atoms with Crippen LogP contribution in [0, 0.1) is 0 Å². The minimum Gasteiger partial charge on any atom is -0.351 e. The van der Waals surface area contributed by atoms with Crippen LogP contribution in [-0.4, -0.2) is 53.1 Å². The largest absolute Gasteiger partial charge is 0.351 e. The molecule has 2 rings (SSSR count). The van der Waals surface area contributed by atoms with Crippen LogP contribution in [0.4, 0.5) is 0 Å². The van der Waals surface area contributed by atoms with Crippen molar-refractivity contribution in [3.05, 3.63) is 0 Å². The van der Waals surface area contributed by atoms with Crippen molar-refractivity contribution >= 4 is 50.6 Å². The molecule has 130 valence electrons. The molecule has 1 aromatic rings. The molecule has 1 aliphatic rings. The van der Waals surface area contributed by atoms with Crippen LogP contribution < -0.4 is 5.32 Å². The Morgan fingerprint density at radius 3 is 2.83 bits per heavy atom. The number of thioether (sulfide) groups is 2. The van der Waals surface area contributed by atoms with E-state index in [1.54, 1.807) is 18.7 Å². The van der Waals surface area contributed by atoms with E-state index in [-0.39, 0.29) is 28.7 Å². The quantitative estimate of drug-likeness (QED) is 0.533. The molecule has 0 aliphatic carbocycles. The SMILES string of the molecule is CCCCSc1nnc(S[C@H](C)C(=O)N[C@@H]2CCS(=O)(=O)C2)s1. The lowest BCUT2D eigenvalue weighted by molar-refractivity contribution is -0.120. The number of sulfone groups is 1. The third kappa shape index (κ3) is 6.24. The third-order valence-electron chi connectivity index (χ3n) is 3.34. The standard InChI is InChI=1S/C13H21N3O3S4/c1-3-4-6-20-12-15-16-13(22-12)21-9(2)11(17)14-10-5-7-23(18,19)8-10/h9-10H,3-8H2,1-2H3,(H,14,17)/t9-,10-/m1/s1. The molecule has 10 heteroatoms. The highest BCUT2D eigenvalue weighted by Gasteiger charge is 2.30. The van der Waals surface area contributed by atoms with Crippen LogP contribution in [0.25, 0.3) is 0 Å². The van der Waals surface area contributed by atoms with Gasteiger partial charge in [-0.05, 0) is 19.8 Å². The second-order valence-electron chi connectivity index (χ2n) is 5.40. The first-order valence-corrected chi connectivity index (χ1v) is 12.0. The Labute approximate surface area is 149 Å². The van der Waals surface area contributed by atoms with Crippen molar-refractivity contribution in [1.29, 1.82) is 0 Å². The number of hydrogen-bond donors (Lipinski definition) is 1. The first-order chi connectivity index (χ1) is 10.9. The Morgan fingerprint density at radius 2 is 2.17 bits per heavy atom. The molecule has 0 bridgehead atoms. The van der Waals surface area contributed by atoms with Gasteiger partial charge in [0, 0.05) is 11.8 Å². The molecule has 1 aliphatic heterocycles. The highest BCUT2D eigenvalue weighted by Crippen LogP contribution is 2.31. The summed E-state index contributed by atoms with van der Waals surface area (Å²) in [7, 11) is -2.98. The minimum absolute atomic E-state index is 0.0488. The van der Waals surface area contributed by atoms with Crippen molar-refractivity contribution in [2.24, 2.45) is 0 Å². The smallest absolute Gasteiger partial charge is 0.233 e. The molecule has 0 saturated carbocycles. The highest BCUT2D eigenvalue weighted by atomic mass is 32.2. The van der Waals surface area contributed by atoms with Crippen molar-refractivity contribution < 1.29 is 13.2 Å². The lowest BCUT2D eigenvalue weighted by atomic mass is 10.2. The van der Waals surface area contributed by atoms with Gasteiger partial charge in [-0.1, -0.05) is 48.2 Å². The number of aromatic nitrogens is 2. The van der Waals surface area contributed by atoms with E-state index in [0.29, 0.717) is 6.42 Å². The van der Waals surface area contributed by atoms with Gasteiger partial charge in [0.15, 0.2) is 18.5 Å². The molecule has 0 radical (unpaired) electrons. The summed E-state index contributed by atoms with van der Waals surface area (Å²) in [5, 5.41) is 10.7. The third-order valence-corrected chi connectivity index (χ3v) is 8.43. The van der Waals surface area contributed by atoms with Gasteiger partial charge in [0.2, 0.25) is 5.91 Å². The first kappa shape index (κ1) is 19.0. The van der Waals surface area contributed by atoms with Gasteiger partial charge in [-0.3, -0.25) is 4.79 Å². The van der Waals surface area contributed by atoms with Gasteiger partial charge < -0.3 is 5.32 Å². The summed E-state index contributed by atoms with van der Waals surface area (Å²) in [6.07, 6.45) is 2.81. The Morgan fingerprint density at radius 1 is 1.43 bits per heavy atom. The second kappa shape index (κ2) is 8.68. The van der Waals surface area contributed by atoms with E-state index in [2.05, 4.69) is 22.4 Å². The first-order valence-electron chi connectivity index (χ1n) is 7.53. The fourth-order valence-electron chi connectivity index (χ4n) is 2.04. The molecule has 1 N–H and O–H groups in total. The number of rotatable bonds is 8. The Kier molecular flexibility index (Phi) is 7.18. The van der Waals surface area contributed by atoms with Crippen molar-refractivity contribution in [2.75, 3.05) is 17.3 Å². The van der Waals surface area contributed by atoms with E-state index in [1.165, 1.54) is 23.1 Å². The molecule has 0 spiro atoms. The molecule has 2 heterocycles. The Hall–Kier alpha value is -0.320. The summed E-state index contributed by atoms with van der Waals surface area (Å²) in [5.41, 5.74) is 0. The monoisotopic (exact) mass is 395 g/mol. The average molecular weight is 396 g/mol.